The predicted molar refractivity (Wildman–Crippen MR) is 115 cm³/mol. The Labute approximate surface area is 166 Å². The number of hydrogen-bond donors (Lipinski definition) is 1. The van der Waals surface area contributed by atoms with Crippen LogP contribution in [-0.4, -0.2) is 11.3 Å². The Hall–Kier alpha value is -1.02. The molecule has 0 aromatic heterocycles. The maximum atomic E-state index is 11.1. The molecular weight excluding hydrogens is 342 g/mol. The van der Waals surface area contributed by atoms with Crippen molar-refractivity contribution in [3.05, 3.63) is 29.8 Å². The maximum Gasteiger partial charge on any atom is 0.252 e. The molecule has 0 saturated heterocycles. The molecule has 1 aromatic rings. The molecule has 0 radical (unpaired) electrons. The molecule has 1 N–H and O–H groups in total. The van der Waals surface area contributed by atoms with Crippen molar-refractivity contribution in [1.29, 1.82) is 0 Å². The van der Waals surface area contributed by atoms with Crippen LogP contribution in [0, 0.1) is 0 Å². The fourth-order valence-corrected chi connectivity index (χ4v) is 3.47. The Morgan fingerprint density at radius 2 is 1.31 bits per heavy atom. The highest BCUT2D eigenvalue weighted by molar-refractivity contribution is 6.67. The summed E-state index contributed by atoms with van der Waals surface area (Å²) in [6, 6.07) is 7.85. The van der Waals surface area contributed by atoms with E-state index in [-0.39, 0.29) is 0 Å². The minimum absolute atomic E-state index is 0.402. The summed E-state index contributed by atoms with van der Waals surface area (Å²) in [6.07, 6.45) is 17.9. The largest absolute Gasteiger partial charge is 0.383 e. The molecule has 0 fully saturated rings. The second-order valence-corrected chi connectivity index (χ2v) is 7.92. The normalized spacial score (nSPS) is 12.1. The van der Waals surface area contributed by atoms with Gasteiger partial charge in [0.25, 0.3) is 5.24 Å². The standard InChI is InChI=1S/C23H38ClNO/c1-3-4-5-6-7-8-9-10-11-12-13-14-15-20(2)25-22-18-16-21(17-19-22)23(24)26/h16-20,25H,3-15H2,1-2H3. The molecule has 1 unspecified atom stereocenters. The zero-order valence-electron chi connectivity index (χ0n) is 16.9. The fourth-order valence-electron chi connectivity index (χ4n) is 3.35. The van der Waals surface area contributed by atoms with Crippen molar-refractivity contribution < 1.29 is 4.79 Å². The van der Waals surface area contributed by atoms with Gasteiger partial charge in [-0.25, -0.2) is 0 Å². The average Bonchev–Trinajstić information content (AvgIpc) is 2.63. The maximum absolute atomic E-state index is 11.1. The molecule has 0 aliphatic carbocycles. The summed E-state index contributed by atoms with van der Waals surface area (Å²) in [5.74, 6) is 0. The molecule has 2 nitrogen and oxygen atoms in total. The van der Waals surface area contributed by atoms with E-state index in [4.69, 9.17) is 11.6 Å². The molecule has 3 heteroatoms. The lowest BCUT2D eigenvalue weighted by molar-refractivity contribution is 0.108. The minimum Gasteiger partial charge on any atom is -0.383 e. The highest BCUT2D eigenvalue weighted by Crippen LogP contribution is 2.16. The topological polar surface area (TPSA) is 29.1 Å². The molecule has 0 heterocycles. The zero-order chi connectivity index (χ0) is 19.0. The van der Waals surface area contributed by atoms with E-state index in [2.05, 4.69) is 19.2 Å². The summed E-state index contributed by atoms with van der Waals surface area (Å²) < 4.78 is 0. The number of nitrogens with one attached hydrogen (secondary N) is 1. The van der Waals surface area contributed by atoms with Crippen molar-refractivity contribution in [1.82, 2.24) is 0 Å². The molecule has 26 heavy (non-hydrogen) atoms. The van der Waals surface area contributed by atoms with Gasteiger partial charge in [0, 0.05) is 17.3 Å². The number of rotatable bonds is 16. The smallest absolute Gasteiger partial charge is 0.252 e. The molecule has 1 atom stereocenters. The summed E-state index contributed by atoms with van der Waals surface area (Å²) in [5.41, 5.74) is 1.60. The Balaban J connectivity index is 1.95. The van der Waals surface area contributed by atoms with Gasteiger partial charge in [0.1, 0.15) is 0 Å². The van der Waals surface area contributed by atoms with Crippen LogP contribution in [0.1, 0.15) is 108 Å². The van der Waals surface area contributed by atoms with Gasteiger partial charge in [-0.3, -0.25) is 4.79 Å². The molecule has 0 amide bonds. The van der Waals surface area contributed by atoms with E-state index in [1.54, 1.807) is 12.1 Å². The average molecular weight is 380 g/mol. The van der Waals surface area contributed by atoms with Crippen LogP contribution >= 0.6 is 11.6 Å². The van der Waals surface area contributed by atoms with Crippen LogP contribution in [0.4, 0.5) is 5.69 Å². The monoisotopic (exact) mass is 379 g/mol. The summed E-state index contributed by atoms with van der Waals surface area (Å²) in [6.45, 7) is 4.50. The lowest BCUT2D eigenvalue weighted by atomic mass is 10.0. The van der Waals surface area contributed by atoms with E-state index >= 15 is 0 Å². The summed E-state index contributed by atoms with van der Waals surface area (Å²) in [5, 5.41) is 3.09. The molecular formula is C23H38ClNO. The number of carbonyl (C=O) groups is 1. The van der Waals surface area contributed by atoms with E-state index in [0.717, 1.165) is 5.69 Å². The van der Waals surface area contributed by atoms with Crippen molar-refractivity contribution in [3.8, 4) is 0 Å². The fraction of sp³-hybridized carbons (Fsp3) is 0.696. The van der Waals surface area contributed by atoms with Gasteiger partial charge in [-0.2, -0.15) is 0 Å². The number of benzene rings is 1. The first kappa shape index (κ1) is 23.0. The molecule has 0 aliphatic rings. The molecule has 148 valence electrons. The van der Waals surface area contributed by atoms with Gasteiger partial charge in [-0.05, 0) is 49.2 Å². The second-order valence-electron chi connectivity index (χ2n) is 7.57. The Bertz CT molecular complexity index is 472. The van der Waals surface area contributed by atoms with E-state index in [9.17, 15) is 4.79 Å². The van der Waals surface area contributed by atoms with Crippen molar-refractivity contribution in [3.63, 3.8) is 0 Å². The van der Waals surface area contributed by atoms with Crippen molar-refractivity contribution in [2.45, 2.75) is 103 Å². The molecule has 0 spiro atoms. The highest BCUT2D eigenvalue weighted by Gasteiger charge is 2.04. The summed E-state index contributed by atoms with van der Waals surface area (Å²) in [4.78, 5) is 11.1. The van der Waals surface area contributed by atoms with Gasteiger partial charge < -0.3 is 5.32 Å². The third-order valence-electron chi connectivity index (χ3n) is 5.02. The van der Waals surface area contributed by atoms with Gasteiger partial charge in [-0.15, -0.1) is 0 Å². The lowest BCUT2D eigenvalue weighted by Crippen LogP contribution is -2.14. The van der Waals surface area contributed by atoms with E-state index in [0.29, 0.717) is 11.6 Å². The SMILES string of the molecule is CCCCCCCCCCCCCCC(C)Nc1ccc(C(=O)Cl)cc1. The van der Waals surface area contributed by atoms with Crippen LogP contribution in [0.25, 0.3) is 0 Å². The number of anilines is 1. The van der Waals surface area contributed by atoms with Crippen molar-refractivity contribution in [2.75, 3.05) is 5.32 Å². The number of carbonyl (C=O) groups excluding carboxylic acids is 1. The lowest BCUT2D eigenvalue weighted by Gasteiger charge is -2.15. The van der Waals surface area contributed by atoms with E-state index in [1.165, 1.54) is 83.5 Å². The van der Waals surface area contributed by atoms with Gasteiger partial charge in [0.05, 0.1) is 0 Å². The third kappa shape index (κ3) is 11.6. The predicted octanol–water partition coefficient (Wildman–Crippen LogP) is 7.96. The van der Waals surface area contributed by atoms with Crippen LogP contribution in [0.3, 0.4) is 0 Å². The first-order chi connectivity index (χ1) is 12.6. The van der Waals surface area contributed by atoms with Gasteiger partial charge in [0.15, 0.2) is 0 Å². The van der Waals surface area contributed by atoms with Crippen LogP contribution in [0.5, 0.6) is 0 Å². The first-order valence-electron chi connectivity index (χ1n) is 10.7. The Kier molecular flexibility index (Phi) is 13.4. The van der Waals surface area contributed by atoms with E-state index < -0.39 is 5.24 Å². The van der Waals surface area contributed by atoms with Gasteiger partial charge in [0.2, 0.25) is 0 Å². The van der Waals surface area contributed by atoms with Crippen LogP contribution in [-0.2, 0) is 0 Å². The van der Waals surface area contributed by atoms with Crippen LogP contribution < -0.4 is 5.32 Å². The number of halogens is 1. The number of hydrogen-bond acceptors (Lipinski definition) is 2. The number of unbranched alkanes of at least 4 members (excludes halogenated alkanes) is 11. The van der Waals surface area contributed by atoms with Crippen molar-refractivity contribution in [2.24, 2.45) is 0 Å². The van der Waals surface area contributed by atoms with E-state index in [1.807, 2.05) is 12.1 Å². The molecule has 1 aromatic carbocycles. The minimum atomic E-state index is -0.402. The zero-order valence-corrected chi connectivity index (χ0v) is 17.6. The van der Waals surface area contributed by atoms with Crippen LogP contribution in [0.15, 0.2) is 24.3 Å². The molecule has 0 aliphatic heterocycles. The van der Waals surface area contributed by atoms with Gasteiger partial charge >= 0.3 is 0 Å². The molecule has 1 rings (SSSR count). The molecule has 0 bridgehead atoms. The van der Waals surface area contributed by atoms with Gasteiger partial charge in [-0.1, -0.05) is 84.0 Å². The van der Waals surface area contributed by atoms with Crippen molar-refractivity contribution >= 4 is 22.5 Å². The highest BCUT2D eigenvalue weighted by atomic mass is 35.5. The second kappa shape index (κ2) is 15.1. The first-order valence-corrected chi connectivity index (χ1v) is 11.1. The Morgan fingerprint density at radius 3 is 1.77 bits per heavy atom. The summed E-state index contributed by atoms with van der Waals surface area (Å²) in [7, 11) is 0. The summed E-state index contributed by atoms with van der Waals surface area (Å²) >= 11 is 5.47. The molecule has 0 saturated carbocycles. The van der Waals surface area contributed by atoms with Crippen LogP contribution in [0.2, 0.25) is 0 Å². The Morgan fingerprint density at radius 1 is 0.846 bits per heavy atom. The third-order valence-corrected chi connectivity index (χ3v) is 5.23. The quantitative estimate of drug-likeness (QED) is 0.233.